The molecule has 1 aromatic heterocycles. The normalized spacial score (nSPS) is 13.2. The van der Waals surface area contributed by atoms with Gasteiger partial charge in [-0.05, 0) is 17.5 Å². The summed E-state index contributed by atoms with van der Waals surface area (Å²) in [7, 11) is 1.83. The summed E-state index contributed by atoms with van der Waals surface area (Å²) < 4.78 is 16.1. The first kappa shape index (κ1) is 17.9. The van der Waals surface area contributed by atoms with E-state index >= 15 is 0 Å². The number of hydrogen-bond donors (Lipinski definition) is 1. The predicted molar refractivity (Wildman–Crippen MR) is 99.1 cm³/mol. The lowest BCUT2D eigenvalue weighted by atomic mass is 9.97. The maximum atomic E-state index is 14.4. The first-order chi connectivity index (χ1) is 12.6. The first-order valence-corrected chi connectivity index (χ1v) is 8.62. The number of hydrogen-bond acceptors (Lipinski definition) is 2. The Morgan fingerprint density at radius 1 is 1.15 bits per heavy atom. The van der Waals surface area contributed by atoms with Crippen molar-refractivity contribution in [2.75, 3.05) is 0 Å². The minimum Gasteiger partial charge on any atom is -0.342 e. The number of benzene rings is 2. The monoisotopic (exact) mass is 351 g/mol. The molecule has 2 atom stereocenters. The quantitative estimate of drug-likeness (QED) is 0.731. The zero-order valence-electron chi connectivity index (χ0n) is 14.9. The molecule has 26 heavy (non-hydrogen) atoms. The molecule has 3 aromatic rings. The zero-order valence-corrected chi connectivity index (χ0v) is 14.9. The number of halogens is 1. The predicted octanol–water partition coefficient (Wildman–Crippen LogP) is 3.96. The van der Waals surface area contributed by atoms with Crippen LogP contribution in [0.5, 0.6) is 0 Å². The average molecular weight is 351 g/mol. The molecule has 2 unspecified atom stereocenters. The van der Waals surface area contributed by atoms with Gasteiger partial charge in [0.2, 0.25) is 5.91 Å². The van der Waals surface area contributed by atoms with Crippen LogP contribution in [0.1, 0.15) is 42.3 Å². The maximum absolute atomic E-state index is 14.4. The molecule has 3 rings (SSSR count). The van der Waals surface area contributed by atoms with Gasteiger partial charge >= 0.3 is 0 Å². The highest BCUT2D eigenvalue weighted by Gasteiger charge is 2.24. The van der Waals surface area contributed by atoms with Gasteiger partial charge in [0.1, 0.15) is 17.7 Å². The Morgan fingerprint density at radius 2 is 1.85 bits per heavy atom. The third-order valence-corrected chi connectivity index (χ3v) is 4.50. The molecule has 1 heterocycles. The second-order valence-corrected chi connectivity index (χ2v) is 6.43. The Labute approximate surface area is 152 Å². The Hall–Kier alpha value is -2.95. The average Bonchev–Trinajstić information content (AvgIpc) is 3.07. The molecule has 134 valence electrons. The van der Waals surface area contributed by atoms with Crippen molar-refractivity contribution >= 4 is 5.91 Å². The molecule has 0 radical (unpaired) electrons. The SMILES string of the molecule is CC(CC(=O)NC(c1ccccc1F)c1nccn1C)c1ccccc1. The Kier molecular flexibility index (Phi) is 5.46. The van der Waals surface area contributed by atoms with Crippen LogP contribution < -0.4 is 5.32 Å². The van der Waals surface area contributed by atoms with E-state index in [2.05, 4.69) is 10.3 Å². The third-order valence-electron chi connectivity index (χ3n) is 4.50. The largest absolute Gasteiger partial charge is 0.342 e. The number of carbonyl (C=O) groups excluding carboxylic acids is 1. The summed E-state index contributed by atoms with van der Waals surface area (Å²) in [6, 6.07) is 15.7. The van der Waals surface area contributed by atoms with Gasteiger partial charge in [-0.1, -0.05) is 55.5 Å². The van der Waals surface area contributed by atoms with Gasteiger partial charge < -0.3 is 9.88 Å². The molecule has 1 amide bonds. The first-order valence-electron chi connectivity index (χ1n) is 8.62. The van der Waals surface area contributed by atoms with E-state index in [1.807, 2.05) is 44.3 Å². The second kappa shape index (κ2) is 7.95. The summed E-state index contributed by atoms with van der Waals surface area (Å²) >= 11 is 0. The highest BCUT2D eigenvalue weighted by molar-refractivity contribution is 5.77. The fraction of sp³-hybridized carbons (Fsp3) is 0.238. The molecule has 4 nitrogen and oxygen atoms in total. The third kappa shape index (κ3) is 3.99. The van der Waals surface area contributed by atoms with Crippen LogP contribution in [-0.4, -0.2) is 15.5 Å². The molecule has 0 saturated heterocycles. The van der Waals surface area contributed by atoms with Crippen LogP contribution in [0.25, 0.3) is 0 Å². The van der Waals surface area contributed by atoms with Crippen molar-refractivity contribution in [2.24, 2.45) is 7.05 Å². The number of aryl methyl sites for hydroxylation is 1. The van der Waals surface area contributed by atoms with Crippen molar-refractivity contribution in [3.05, 3.63) is 89.8 Å². The molecule has 0 aliphatic carbocycles. The lowest BCUT2D eigenvalue weighted by Crippen LogP contribution is -2.32. The summed E-state index contributed by atoms with van der Waals surface area (Å²) in [5, 5.41) is 2.96. The van der Waals surface area contributed by atoms with Crippen LogP contribution in [-0.2, 0) is 11.8 Å². The van der Waals surface area contributed by atoms with Gasteiger partial charge in [-0.3, -0.25) is 4.79 Å². The van der Waals surface area contributed by atoms with E-state index in [0.29, 0.717) is 17.8 Å². The van der Waals surface area contributed by atoms with E-state index in [-0.39, 0.29) is 17.6 Å². The number of carbonyl (C=O) groups is 1. The van der Waals surface area contributed by atoms with Gasteiger partial charge in [0.05, 0.1) is 0 Å². The molecule has 0 saturated carbocycles. The molecule has 0 aliphatic rings. The van der Waals surface area contributed by atoms with Gasteiger partial charge in [0, 0.05) is 31.4 Å². The Morgan fingerprint density at radius 3 is 2.50 bits per heavy atom. The van der Waals surface area contributed by atoms with Gasteiger partial charge in [0.25, 0.3) is 0 Å². The molecule has 2 aromatic carbocycles. The van der Waals surface area contributed by atoms with Crippen LogP contribution in [0.3, 0.4) is 0 Å². The van der Waals surface area contributed by atoms with E-state index in [4.69, 9.17) is 0 Å². The van der Waals surface area contributed by atoms with E-state index in [0.717, 1.165) is 5.56 Å². The number of amides is 1. The van der Waals surface area contributed by atoms with Crippen LogP contribution in [0.15, 0.2) is 67.0 Å². The molecule has 5 heteroatoms. The van der Waals surface area contributed by atoms with Crippen LogP contribution >= 0.6 is 0 Å². The highest BCUT2D eigenvalue weighted by Crippen LogP contribution is 2.24. The summed E-state index contributed by atoms with van der Waals surface area (Å²) in [6.45, 7) is 2.01. The number of nitrogens with zero attached hydrogens (tertiary/aromatic N) is 2. The number of rotatable bonds is 6. The molecular weight excluding hydrogens is 329 g/mol. The second-order valence-electron chi connectivity index (χ2n) is 6.43. The van der Waals surface area contributed by atoms with E-state index in [1.54, 1.807) is 35.2 Å². The zero-order chi connectivity index (χ0) is 18.5. The Bertz CT molecular complexity index is 876. The van der Waals surface area contributed by atoms with Crippen LogP contribution in [0.4, 0.5) is 4.39 Å². The maximum Gasteiger partial charge on any atom is 0.221 e. The van der Waals surface area contributed by atoms with Crippen molar-refractivity contribution in [2.45, 2.75) is 25.3 Å². The standard InChI is InChI=1S/C21H22FN3O/c1-15(16-8-4-3-5-9-16)14-19(26)24-20(21-23-12-13-25(21)2)17-10-6-7-11-18(17)22/h3-13,15,20H,14H2,1-2H3,(H,24,26). The molecule has 0 fully saturated rings. The highest BCUT2D eigenvalue weighted by atomic mass is 19.1. The van der Waals surface area contributed by atoms with Gasteiger partial charge in [-0.25, -0.2) is 9.37 Å². The minimum atomic E-state index is -0.633. The molecule has 0 spiro atoms. The lowest BCUT2D eigenvalue weighted by molar-refractivity contribution is -0.122. The fourth-order valence-corrected chi connectivity index (χ4v) is 3.04. The summed E-state index contributed by atoms with van der Waals surface area (Å²) in [5.41, 5.74) is 1.50. The van der Waals surface area contributed by atoms with Gasteiger partial charge in [0.15, 0.2) is 0 Å². The fourth-order valence-electron chi connectivity index (χ4n) is 3.04. The smallest absolute Gasteiger partial charge is 0.221 e. The molecule has 0 bridgehead atoms. The van der Waals surface area contributed by atoms with E-state index < -0.39 is 6.04 Å². The van der Waals surface area contributed by atoms with E-state index in [1.165, 1.54) is 6.07 Å². The number of aromatic nitrogens is 2. The van der Waals surface area contributed by atoms with E-state index in [9.17, 15) is 9.18 Å². The topological polar surface area (TPSA) is 46.9 Å². The van der Waals surface area contributed by atoms with Gasteiger partial charge in [-0.2, -0.15) is 0 Å². The van der Waals surface area contributed by atoms with Crippen molar-refractivity contribution in [3.8, 4) is 0 Å². The van der Waals surface area contributed by atoms with Crippen molar-refractivity contribution < 1.29 is 9.18 Å². The van der Waals surface area contributed by atoms with Crippen molar-refractivity contribution in [3.63, 3.8) is 0 Å². The lowest BCUT2D eigenvalue weighted by Gasteiger charge is -2.21. The molecular formula is C21H22FN3O. The van der Waals surface area contributed by atoms with Crippen molar-refractivity contribution in [1.29, 1.82) is 0 Å². The van der Waals surface area contributed by atoms with Crippen LogP contribution in [0, 0.1) is 5.82 Å². The minimum absolute atomic E-state index is 0.0684. The molecule has 0 aliphatic heterocycles. The summed E-state index contributed by atoms with van der Waals surface area (Å²) in [5.74, 6) is 0.157. The van der Waals surface area contributed by atoms with Crippen molar-refractivity contribution in [1.82, 2.24) is 14.9 Å². The Balaban J connectivity index is 1.81. The van der Waals surface area contributed by atoms with Gasteiger partial charge in [-0.15, -0.1) is 0 Å². The van der Waals surface area contributed by atoms with Crippen LogP contribution in [0.2, 0.25) is 0 Å². The summed E-state index contributed by atoms with van der Waals surface area (Å²) in [4.78, 5) is 17.0. The number of imidazole rings is 1. The number of nitrogens with one attached hydrogen (secondary N) is 1. The summed E-state index contributed by atoms with van der Waals surface area (Å²) in [6.07, 6.45) is 3.74. The molecule has 1 N–H and O–H groups in total.